The Labute approximate surface area is 174 Å². The summed E-state index contributed by atoms with van der Waals surface area (Å²) in [5.41, 5.74) is 3.95. The number of oxazole rings is 1. The van der Waals surface area contributed by atoms with Crippen molar-refractivity contribution in [2.75, 3.05) is 16.0 Å². The lowest BCUT2D eigenvalue weighted by atomic mass is 10.1. The van der Waals surface area contributed by atoms with Gasteiger partial charge in [0.05, 0.1) is 11.7 Å². The first kappa shape index (κ1) is 18.8. The number of H-pyrrole nitrogens is 1. The molecule has 0 saturated carbocycles. The molecule has 2 aromatic heterocycles. The molecule has 1 aliphatic heterocycles. The number of aryl methyl sites for hydroxylation is 1. The van der Waals surface area contributed by atoms with Crippen molar-refractivity contribution in [3.63, 3.8) is 0 Å². The van der Waals surface area contributed by atoms with Crippen LogP contribution in [0.5, 0.6) is 0 Å². The third-order valence-corrected chi connectivity index (χ3v) is 4.91. The van der Waals surface area contributed by atoms with E-state index in [0.717, 1.165) is 36.0 Å². The molecule has 5 rings (SSSR count). The second-order valence-electron chi connectivity index (χ2n) is 7.14. The average molecular weight is 420 g/mol. The fourth-order valence-electron chi connectivity index (χ4n) is 3.46. The normalized spacial score (nSPS) is 13.4. The number of carbonyl (C=O) groups is 1. The Balaban J connectivity index is 1.38. The number of nitrogens with zero attached hydrogens (tertiary/aromatic N) is 2. The molecule has 0 saturated heterocycles. The summed E-state index contributed by atoms with van der Waals surface area (Å²) < 4.78 is 19.3. The van der Waals surface area contributed by atoms with Crippen molar-refractivity contribution in [1.82, 2.24) is 15.0 Å². The summed E-state index contributed by atoms with van der Waals surface area (Å²) in [6.07, 6.45) is 3.11. The van der Waals surface area contributed by atoms with Crippen LogP contribution < -0.4 is 21.7 Å². The zero-order valence-electron chi connectivity index (χ0n) is 16.2. The summed E-state index contributed by atoms with van der Waals surface area (Å²) in [5, 5.41) is 8.84. The van der Waals surface area contributed by atoms with Crippen molar-refractivity contribution in [2.24, 2.45) is 0 Å². The summed E-state index contributed by atoms with van der Waals surface area (Å²) in [4.78, 5) is 33.8. The van der Waals surface area contributed by atoms with E-state index in [-0.39, 0.29) is 17.7 Å². The zero-order chi connectivity index (χ0) is 21.4. The number of halogens is 1. The molecule has 2 aromatic carbocycles. The highest BCUT2D eigenvalue weighted by Crippen LogP contribution is 2.27. The van der Waals surface area contributed by atoms with Gasteiger partial charge in [0.15, 0.2) is 17.2 Å². The fraction of sp³-hybridized carbons (Fsp3) is 0.143. The molecule has 0 bridgehead atoms. The molecular formula is C21H17FN6O3. The molecule has 0 aliphatic carbocycles. The minimum Gasteiger partial charge on any atom is -0.408 e. The molecule has 1 amide bonds. The van der Waals surface area contributed by atoms with Gasteiger partial charge in [0.2, 0.25) is 11.9 Å². The number of anilines is 5. The number of amides is 1. The van der Waals surface area contributed by atoms with Crippen LogP contribution in [0.25, 0.3) is 11.1 Å². The van der Waals surface area contributed by atoms with E-state index in [1.165, 1.54) is 0 Å². The van der Waals surface area contributed by atoms with E-state index in [4.69, 9.17) is 4.42 Å². The molecule has 3 heterocycles. The first-order valence-electron chi connectivity index (χ1n) is 9.66. The lowest BCUT2D eigenvalue weighted by Gasteiger charge is -2.12. The average Bonchev–Trinajstić information content (AvgIpc) is 3.00. The Bertz CT molecular complexity index is 1360. The second-order valence-corrected chi connectivity index (χ2v) is 7.14. The molecule has 0 atom stereocenters. The van der Waals surface area contributed by atoms with Crippen molar-refractivity contribution in [1.29, 1.82) is 0 Å². The third-order valence-electron chi connectivity index (χ3n) is 4.91. The number of fused-ring (bicyclic) bond motifs is 2. The molecule has 156 valence electrons. The van der Waals surface area contributed by atoms with Crippen LogP contribution in [0.4, 0.5) is 33.2 Å². The lowest BCUT2D eigenvalue weighted by molar-refractivity contribution is -0.116. The molecule has 0 spiro atoms. The Kier molecular flexibility index (Phi) is 4.58. The summed E-state index contributed by atoms with van der Waals surface area (Å²) >= 11 is 0. The molecule has 9 nitrogen and oxygen atoms in total. The Hall–Kier alpha value is -4.21. The first-order valence-corrected chi connectivity index (χ1v) is 9.66. The van der Waals surface area contributed by atoms with Crippen molar-refractivity contribution >= 4 is 45.8 Å². The summed E-state index contributed by atoms with van der Waals surface area (Å²) in [7, 11) is 0. The number of carbonyl (C=O) groups excluding carboxylic acids is 1. The number of hydrogen-bond donors (Lipinski definition) is 4. The van der Waals surface area contributed by atoms with E-state index in [9.17, 15) is 14.0 Å². The monoisotopic (exact) mass is 420 g/mol. The highest BCUT2D eigenvalue weighted by atomic mass is 19.1. The molecule has 0 fully saturated rings. The van der Waals surface area contributed by atoms with Gasteiger partial charge >= 0.3 is 5.76 Å². The predicted octanol–water partition coefficient (Wildman–Crippen LogP) is 3.81. The molecule has 1 aliphatic rings. The number of aromatic nitrogens is 3. The highest BCUT2D eigenvalue weighted by Gasteiger charge is 2.14. The van der Waals surface area contributed by atoms with Gasteiger partial charge in [0.1, 0.15) is 0 Å². The van der Waals surface area contributed by atoms with Gasteiger partial charge in [-0.3, -0.25) is 9.78 Å². The van der Waals surface area contributed by atoms with E-state index in [0.29, 0.717) is 23.2 Å². The summed E-state index contributed by atoms with van der Waals surface area (Å²) in [6, 6.07) is 10.4. The molecule has 0 unspecified atom stereocenters. The maximum absolute atomic E-state index is 14.3. The van der Waals surface area contributed by atoms with Gasteiger partial charge in [-0.2, -0.15) is 4.98 Å². The van der Waals surface area contributed by atoms with E-state index in [1.54, 1.807) is 24.3 Å². The topological polar surface area (TPSA) is 125 Å². The Morgan fingerprint density at radius 3 is 2.77 bits per heavy atom. The SMILES string of the molecule is O=C1CCCc2cc(Nc3ncc(F)c(Nc4ccc5oc(=O)[nH]c5c4)n3)ccc2N1. The number of benzene rings is 2. The smallest absolute Gasteiger partial charge is 0.408 e. The van der Waals surface area contributed by atoms with Crippen LogP contribution >= 0.6 is 0 Å². The van der Waals surface area contributed by atoms with Crippen molar-refractivity contribution in [3.8, 4) is 0 Å². The van der Waals surface area contributed by atoms with Crippen molar-refractivity contribution in [3.05, 3.63) is 64.5 Å². The molecule has 4 aromatic rings. The third kappa shape index (κ3) is 3.95. The number of aromatic amines is 1. The highest BCUT2D eigenvalue weighted by molar-refractivity contribution is 5.92. The van der Waals surface area contributed by atoms with Crippen LogP contribution in [0.15, 0.2) is 51.8 Å². The fourth-order valence-corrected chi connectivity index (χ4v) is 3.46. The second kappa shape index (κ2) is 7.56. The van der Waals surface area contributed by atoms with E-state index >= 15 is 0 Å². The van der Waals surface area contributed by atoms with Crippen LogP contribution in [0.1, 0.15) is 18.4 Å². The van der Waals surface area contributed by atoms with Gasteiger partial charge in [-0.05, 0) is 54.8 Å². The van der Waals surface area contributed by atoms with Gasteiger partial charge in [-0.1, -0.05) is 0 Å². The first-order chi connectivity index (χ1) is 15.0. The number of rotatable bonds is 4. The maximum atomic E-state index is 14.3. The van der Waals surface area contributed by atoms with Gasteiger partial charge < -0.3 is 20.4 Å². The molecule has 0 radical (unpaired) electrons. The molecular weight excluding hydrogens is 403 g/mol. The minimum absolute atomic E-state index is 0.00901. The standard InChI is InChI=1S/C21H17FN6O3/c22-14-10-23-20(25-12-4-6-15-11(8-12)2-1-3-18(29)26-15)28-19(14)24-13-5-7-17-16(9-13)27-21(30)31-17/h4-10H,1-3H2,(H,26,29)(H,27,30)(H2,23,24,25,28). The van der Waals surface area contributed by atoms with Gasteiger partial charge in [0, 0.05) is 23.5 Å². The summed E-state index contributed by atoms with van der Waals surface area (Å²) in [6.45, 7) is 0. The van der Waals surface area contributed by atoms with Crippen LogP contribution in [0.2, 0.25) is 0 Å². The van der Waals surface area contributed by atoms with Crippen LogP contribution in [0, 0.1) is 5.82 Å². The van der Waals surface area contributed by atoms with Crippen LogP contribution in [-0.2, 0) is 11.2 Å². The molecule has 31 heavy (non-hydrogen) atoms. The van der Waals surface area contributed by atoms with Crippen LogP contribution in [-0.4, -0.2) is 20.9 Å². The number of nitrogens with one attached hydrogen (secondary N) is 4. The van der Waals surface area contributed by atoms with Crippen molar-refractivity contribution in [2.45, 2.75) is 19.3 Å². The van der Waals surface area contributed by atoms with Crippen LogP contribution in [0.3, 0.4) is 0 Å². The minimum atomic E-state index is -0.629. The van der Waals surface area contributed by atoms with E-state index < -0.39 is 11.6 Å². The largest absolute Gasteiger partial charge is 0.417 e. The molecule has 4 N–H and O–H groups in total. The van der Waals surface area contributed by atoms with E-state index in [1.807, 2.05) is 12.1 Å². The Morgan fingerprint density at radius 1 is 1.03 bits per heavy atom. The predicted molar refractivity (Wildman–Crippen MR) is 113 cm³/mol. The maximum Gasteiger partial charge on any atom is 0.417 e. The number of hydrogen-bond acceptors (Lipinski definition) is 7. The van der Waals surface area contributed by atoms with Gasteiger partial charge in [-0.15, -0.1) is 0 Å². The summed E-state index contributed by atoms with van der Waals surface area (Å²) in [5.74, 6) is -0.998. The van der Waals surface area contributed by atoms with Gasteiger partial charge in [0.25, 0.3) is 0 Å². The van der Waals surface area contributed by atoms with Crippen molar-refractivity contribution < 1.29 is 13.6 Å². The quantitative estimate of drug-likeness (QED) is 0.396. The zero-order valence-corrected chi connectivity index (χ0v) is 16.2. The molecule has 10 heteroatoms. The Morgan fingerprint density at radius 2 is 1.87 bits per heavy atom. The van der Waals surface area contributed by atoms with E-state index in [2.05, 4.69) is 30.9 Å². The lowest BCUT2D eigenvalue weighted by Crippen LogP contribution is -2.09. The van der Waals surface area contributed by atoms with Gasteiger partial charge in [-0.25, -0.2) is 14.2 Å².